The standard InChI is InChI=1S/C19H26FN5O/c1-15-13-24(14-18(26-15)16-5-7-17(20)8-6-16)19(21-2)22-9-3-11-25-12-4-10-23-25/h4-8,10,12,15,18H,3,9,11,13-14H2,1-2H3,(H,21,22). The average molecular weight is 359 g/mol. The third kappa shape index (κ3) is 4.82. The molecule has 3 rings (SSSR count). The monoisotopic (exact) mass is 359 g/mol. The first-order valence-corrected chi connectivity index (χ1v) is 8.99. The van der Waals surface area contributed by atoms with E-state index >= 15 is 0 Å². The lowest BCUT2D eigenvalue weighted by Gasteiger charge is -2.38. The zero-order valence-corrected chi connectivity index (χ0v) is 15.3. The number of aliphatic imine (C=N–C) groups is 1. The molecule has 1 aliphatic heterocycles. The second-order valence-electron chi connectivity index (χ2n) is 6.49. The van der Waals surface area contributed by atoms with Crippen LogP contribution in [0.5, 0.6) is 0 Å². The van der Waals surface area contributed by atoms with E-state index in [2.05, 4.69) is 20.3 Å². The summed E-state index contributed by atoms with van der Waals surface area (Å²) >= 11 is 0. The van der Waals surface area contributed by atoms with Crippen molar-refractivity contribution in [1.82, 2.24) is 20.0 Å². The molecule has 0 aliphatic carbocycles. The summed E-state index contributed by atoms with van der Waals surface area (Å²) in [4.78, 5) is 6.62. The van der Waals surface area contributed by atoms with Crippen molar-refractivity contribution in [3.63, 3.8) is 0 Å². The Morgan fingerprint density at radius 3 is 2.85 bits per heavy atom. The lowest BCUT2D eigenvalue weighted by molar-refractivity contribution is -0.0605. The van der Waals surface area contributed by atoms with E-state index in [4.69, 9.17) is 4.74 Å². The van der Waals surface area contributed by atoms with Crippen molar-refractivity contribution in [2.24, 2.45) is 4.99 Å². The summed E-state index contributed by atoms with van der Waals surface area (Å²) in [5.41, 5.74) is 0.983. The van der Waals surface area contributed by atoms with Gasteiger partial charge in [-0.25, -0.2) is 4.39 Å². The van der Waals surface area contributed by atoms with Crippen LogP contribution in [0.3, 0.4) is 0 Å². The molecular formula is C19H26FN5O. The largest absolute Gasteiger partial charge is 0.367 e. The number of hydrogen-bond donors (Lipinski definition) is 1. The van der Waals surface area contributed by atoms with Crippen molar-refractivity contribution in [3.05, 3.63) is 54.1 Å². The maximum atomic E-state index is 13.2. The number of aryl methyl sites for hydroxylation is 1. The Morgan fingerprint density at radius 2 is 2.15 bits per heavy atom. The zero-order valence-electron chi connectivity index (χ0n) is 15.3. The molecule has 1 aromatic heterocycles. The highest BCUT2D eigenvalue weighted by Gasteiger charge is 2.28. The quantitative estimate of drug-likeness (QED) is 0.506. The van der Waals surface area contributed by atoms with Crippen LogP contribution in [0.15, 0.2) is 47.7 Å². The first-order chi connectivity index (χ1) is 12.7. The molecule has 7 heteroatoms. The van der Waals surface area contributed by atoms with Crippen LogP contribution in [-0.4, -0.2) is 53.4 Å². The van der Waals surface area contributed by atoms with Crippen LogP contribution in [0.1, 0.15) is 25.0 Å². The SMILES string of the molecule is CN=C(NCCCn1cccn1)N1CC(C)OC(c2ccc(F)cc2)C1. The molecule has 2 heterocycles. The van der Waals surface area contributed by atoms with E-state index in [1.165, 1.54) is 12.1 Å². The summed E-state index contributed by atoms with van der Waals surface area (Å²) in [5, 5.41) is 7.63. The van der Waals surface area contributed by atoms with Crippen LogP contribution < -0.4 is 5.32 Å². The van der Waals surface area contributed by atoms with Gasteiger partial charge in [0.05, 0.1) is 12.6 Å². The van der Waals surface area contributed by atoms with Crippen molar-refractivity contribution >= 4 is 5.96 Å². The van der Waals surface area contributed by atoms with Crippen molar-refractivity contribution in [2.75, 3.05) is 26.7 Å². The number of guanidine groups is 1. The van der Waals surface area contributed by atoms with E-state index in [0.717, 1.165) is 37.6 Å². The van der Waals surface area contributed by atoms with Gasteiger partial charge in [0.2, 0.25) is 0 Å². The molecule has 140 valence electrons. The molecule has 1 aliphatic rings. The third-order valence-electron chi connectivity index (χ3n) is 4.42. The minimum absolute atomic E-state index is 0.0708. The van der Waals surface area contributed by atoms with Gasteiger partial charge in [0.15, 0.2) is 5.96 Å². The Bertz CT molecular complexity index is 701. The molecule has 0 saturated carbocycles. The molecule has 1 fully saturated rings. The van der Waals surface area contributed by atoms with Gasteiger partial charge in [-0.2, -0.15) is 5.10 Å². The molecule has 1 N–H and O–H groups in total. The van der Waals surface area contributed by atoms with Gasteiger partial charge in [-0.05, 0) is 37.1 Å². The van der Waals surface area contributed by atoms with Crippen molar-refractivity contribution in [3.8, 4) is 0 Å². The Hall–Kier alpha value is -2.41. The lowest BCUT2D eigenvalue weighted by Crippen LogP contribution is -2.50. The molecule has 2 atom stereocenters. The molecule has 0 amide bonds. The smallest absolute Gasteiger partial charge is 0.193 e. The first-order valence-electron chi connectivity index (χ1n) is 8.99. The molecule has 6 nitrogen and oxygen atoms in total. The number of halogens is 1. The summed E-state index contributed by atoms with van der Waals surface area (Å²) in [5.74, 6) is 0.636. The Balaban J connectivity index is 1.55. The van der Waals surface area contributed by atoms with E-state index in [9.17, 15) is 4.39 Å². The Labute approximate surface area is 153 Å². The fraction of sp³-hybridized carbons (Fsp3) is 0.474. The van der Waals surface area contributed by atoms with Gasteiger partial charge in [-0.1, -0.05) is 12.1 Å². The number of hydrogen-bond acceptors (Lipinski definition) is 3. The zero-order chi connectivity index (χ0) is 18.4. The molecule has 0 spiro atoms. The molecule has 1 aromatic carbocycles. The number of rotatable bonds is 5. The molecular weight excluding hydrogens is 333 g/mol. The predicted octanol–water partition coefficient (Wildman–Crippen LogP) is 2.45. The highest BCUT2D eigenvalue weighted by molar-refractivity contribution is 5.80. The predicted molar refractivity (Wildman–Crippen MR) is 99.5 cm³/mol. The van der Waals surface area contributed by atoms with E-state index in [-0.39, 0.29) is 18.0 Å². The number of nitrogens with zero attached hydrogens (tertiary/aromatic N) is 4. The molecule has 2 aromatic rings. The average Bonchev–Trinajstić information content (AvgIpc) is 3.15. The highest BCUT2D eigenvalue weighted by atomic mass is 19.1. The van der Waals surface area contributed by atoms with E-state index < -0.39 is 0 Å². The second-order valence-corrected chi connectivity index (χ2v) is 6.49. The summed E-state index contributed by atoms with van der Waals surface area (Å²) in [7, 11) is 1.79. The number of nitrogens with one attached hydrogen (secondary N) is 1. The summed E-state index contributed by atoms with van der Waals surface area (Å²) in [6.45, 7) is 5.20. The molecule has 26 heavy (non-hydrogen) atoms. The fourth-order valence-corrected chi connectivity index (χ4v) is 3.19. The number of aromatic nitrogens is 2. The highest BCUT2D eigenvalue weighted by Crippen LogP contribution is 2.25. The maximum Gasteiger partial charge on any atom is 0.193 e. The van der Waals surface area contributed by atoms with Gasteiger partial charge in [0, 0.05) is 39.1 Å². The maximum absolute atomic E-state index is 13.2. The van der Waals surface area contributed by atoms with E-state index in [0.29, 0.717) is 6.54 Å². The van der Waals surface area contributed by atoms with Crippen molar-refractivity contribution in [1.29, 1.82) is 0 Å². The van der Waals surface area contributed by atoms with Crippen molar-refractivity contribution in [2.45, 2.75) is 32.1 Å². The number of benzene rings is 1. The lowest BCUT2D eigenvalue weighted by atomic mass is 10.1. The topological polar surface area (TPSA) is 54.7 Å². The van der Waals surface area contributed by atoms with Gasteiger partial charge in [-0.15, -0.1) is 0 Å². The van der Waals surface area contributed by atoms with Crippen LogP contribution >= 0.6 is 0 Å². The Kier molecular flexibility index (Phi) is 6.22. The van der Waals surface area contributed by atoms with Gasteiger partial charge >= 0.3 is 0 Å². The molecule has 0 bridgehead atoms. The number of morpholine rings is 1. The van der Waals surface area contributed by atoms with Crippen molar-refractivity contribution < 1.29 is 9.13 Å². The Morgan fingerprint density at radius 1 is 1.35 bits per heavy atom. The van der Waals surface area contributed by atoms with Gasteiger partial charge in [0.1, 0.15) is 11.9 Å². The van der Waals surface area contributed by atoms with E-state index in [1.807, 2.05) is 23.9 Å². The third-order valence-corrected chi connectivity index (χ3v) is 4.42. The number of ether oxygens (including phenoxy) is 1. The van der Waals surface area contributed by atoms with Gasteiger partial charge in [0.25, 0.3) is 0 Å². The molecule has 2 unspecified atom stereocenters. The van der Waals surface area contributed by atoms with Crippen LogP contribution in [0.2, 0.25) is 0 Å². The normalized spacial score (nSPS) is 21.0. The molecule has 0 radical (unpaired) electrons. The summed E-state index contributed by atoms with van der Waals surface area (Å²) in [6, 6.07) is 8.46. The molecule has 1 saturated heterocycles. The summed E-state index contributed by atoms with van der Waals surface area (Å²) in [6.07, 6.45) is 4.69. The van der Waals surface area contributed by atoms with E-state index in [1.54, 1.807) is 25.4 Å². The first kappa shape index (κ1) is 18.4. The van der Waals surface area contributed by atoms with Crippen LogP contribution in [-0.2, 0) is 11.3 Å². The van der Waals surface area contributed by atoms with Crippen LogP contribution in [0, 0.1) is 5.82 Å². The van der Waals surface area contributed by atoms with Crippen LogP contribution in [0.25, 0.3) is 0 Å². The fourth-order valence-electron chi connectivity index (χ4n) is 3.19. The minimum Gasteiger partial charge on any atom is -0.367 e. The van der Waals surface area contributed by atoms with Gasteiger partial charge < -0.3 is 15.0 Å². The second kappa shape index (κ2) is 8.80. The van der Waals surface area contributed by atoms with Crippen LogP contribution in [0.4, 0.5) is 4.39 Å². The minimum atomic E-state index is -0.232. The van der Waals surface area contributed by atoms with Gasteiger partial charge in [-0.3, -0.25) is 9.67 Å². The summed E-state index contributed by atoms with van der Waals surface area (Å²) < 4.78 is 21.2.